The number of thioether (sulfide) groups is 1. The second-order valence-corrected chi connectivity index (χ2v) is 7.18. The number of hydrogen-bond donors (Lipinski definition) is 1. The molecule has 0 aliphatic rings. The lowest BCUT2D eigenvalue weighted by atomic mass is 10.2. The van der Waals surface area contributed by atoms with Crippen LogP contribution < -0.4 is 10.1 Å². The van der Waals surface area contributed by atoms with Gasteiger partial charge in [0.2, 0.25) is 17.6 Å². The normalized spacial score (nSPS) is 10.6. The number of nitrogens with one attached hydrogen (secondary N) is 1. The van der Waals surface area contributed by atoms with Gasteiger partial charge in [0, 0.05) is 27.7 Å². The zero-order chi connectivity index (χ0) is 19.1. The molecule has 140 valence electrons. The summed E-state index contributed by atoms with van der Waals surface area (Å²) in [6.45, 7) is 0.196. The van der Waals surface area contributed by atoms with E-state index >= 15 is 0 Å². The van der Waals surface area contributed by atoms with Gasteiger partial charge in [-0.15, -0.1) is 11.8 Å². The Balaban J connectivity index is 1.45. The van der Waals surface area contributed by atoms with Crippen LogP contribution in [0.15, 0.2) is 57.9 Å². The molecule has 0 saturated carbocycles. The highest BCUT2D eigenvalue weighted by atomic mass is 35.5. The van der Waals surface area contributed by atoms with Crippen molar-refractivity contribution in [1.82, 2.24) is 15.5 Å². The van der Waals surface area contributed by atoms with Crippen LogP contribution >= 0.6 is 23.4 Å². The number of rotatable bonds is 8. The topological polar surface area (TPSA) is 77.3 Å². The number of ether oxygens (including phenoxy) is 1. The van der Waals surface area contributed by atoms with Crippen LogP contribution in [0.4, 0.5) is 0 Å². The molecule has 27 heavy (non-hydrogen) atoms. The van der Waals surface area contributed by atoms with Crippen LogP contribution in [0.5, 0.6) is 5.75 Å². The molecular weight excluding hydrogens is 386 g/mol. The highest BCUT2D eigenvalue weighted by Gasteiger charge is 2.10. The predicted octanol–water partition coefficient (Wildman–Crippen LogP) is 4.20. The Kier molecular flexibility index (Phi) is 6.73. The van der Waals surface area contributed by atoms with Gasteiger partial charge in [-0.3, -0.25) is 4.79 Å². The van der Waals surface area contributed by atoms with Crippen molar-refractivity contribution in [2.24, 2.45) is 0 Å². The maximum absolute atomic E-state index is 12.0. The van der Waals surface area contributed by atoms with E-state index in [4.69, 9.17) is 20.9 Å². The number of aromatic nitrogens is 2. The van der Waals surface area contributed by atoms with E-state index < -0.39 is 0 Å². The number of hydrogen-bond acceptors (Lipinski definition) is 6. The first-order chi connectivity index (χ1) is 13.1. The van der Waals surface area contributed by atoms with Gasteiger partial charge in [0.25, 0.3) is 0 Å². The highest BCUT2D eigenvalue weighted by Crippen LogP contribution is 2.22. The second kappa shape index (κ2) is 9.43. The van der Waals surface area contributed by atoms with Gasteiger partial charge in [0.1, 0.15) is 5.75 Å². The summed E-state index contributed by atoms with van der Waals surface area (Å²) in [6, 6.07) is 14.9. The SMILES string of the molecule is COc1cccc(-c2noc(CNC(=O)CCSc3ccc(Cl)cc3)n2)c1. The quantitative estimate of drug-likeness (QED) is 0.568. The lowest BCUT2D eigenvalue weighted by Gasteiger charge is -2.03. The summed E-state index contributed by atoms with van der Waals surface area (Å²) < 4.78 is 10.4. The van der Waals surface area contributed by atoms with Crippen molar-refractivity contribution in [2.45, 2.75) is 17.9 Å². The largest absolute Gasteiger partial charge is 0.497 e. The van der Waals surface area contributed by atoms with E-state index in [1.54, 1.807) is 18.9 Å². The average molecular weight is 404 g/mol. The third-order valence-corrected chi connectivity index (χ3v) is 4.91. The molecule has 2 aromatic carbocycles. The summed E-state index contributed by atoms with van der Waals surface area (Å²) in [5, 5.41) is 7.43. The van der Waals surface area contributed by atoms with E-state index in [1.807, 2.05) is 48.5 Å². The monoisotopic (exact) mass is 403 g/mol. The smallest absolute Gasteiger partial charge is 0.246 e. The first kappa shape index (κ1) is 19.3. The Hall–Kier alpha value is -2.51. The standard InChI is InChI=1S/C19H18ClN3O3S/c1-25-15-4-2-3-13(11-15)19-22-18(26-23-19)12-21-17(24)9-10-27-16-7-5-14(20)6-8-16/h2-8,11H,9-10,12H2,1H3,(H,21,24). The van der Waals surface area contributed by atoms with E-state index in [2.05, 4.69) is 15.5 Å². The maximum atomic E-state index is 12.0. The Morgan fingerprint density at radius 2 is 2.07 bits per heavy atom. The first-order valence-electron chi connectivity index (χ1n) is 8.26. The van der Waals surface area contributed by atoms with E-state index in [1.165, 1.54) is 0 Å². The Morgan fingerprint density at radius 1 is 1.26 bits per heavy atom. The fourth-order valence-corrected chi connectivity index (χ4v) is 3.24. The second-order valence-electron chi connectivity index (χ2n) is 5.57. The molecule has 0 saturated heterocycles. The van der Waals surface area contributed by atoms with Crippen LogP contribution in [0.25, 0.3) is 11.4 Å². The number of halogens is 1. The van der Waals surface area contributed by atoms with Gasteiger partial charge in [-0.2, -0.15) is 4.98 Å². The van der Waals surface area contributed by atoms with Gasteiger partial charge in [-0.1, -0.05) is 28.9 Å². The molecular formula is C19H18ClN3O3S. The zero-order valence-corrected chi connectivity index (χ0v) is 16.2. The van der Waals surface area contributed by atoms with Crippen LogP contribution in [0, 0.1) is 0 Å². The lowest BCUT2D eigenvalue weighted by molar-refractivity contribution is -0.120. The summed E-state index contributed by atoms with van der Waals surface area (Å²) in [6.07, 6.45) is 0.393. The maximum Gasteiger partial charge on any atom is 0.246 e. The molecule has 3 aromatic rings. The highest BCUT2D eigenvalue weighted by molar-refractivity contribution is 7.99. The zero-order valence-electron chi connectivity index (χ0n) is 14.6. The minimum atomic E-state index is -0.0717. The number of carbonyl (C=O) groups excluding carboxylic acids is 1. The van der Waals surface area contributed by atoms with Crippen molar-refractivity contribution >= 4 is 29.3 Å². The van der Waals surface area contributed by atoms with E-state index in [0.717, 1.165) is 10.5 Å². The molecule has 3 rings (SSSR count). The first-order valence-corrected chi connectivity index (χ1v) is 9.62. The Labute approximate surface area is 166 Å². The van der Waals surface area contributed by atoms with Gasteiger partial charge >= 0.3 is 0 Å². The van der Waals surface area contributed by atoms with Crippen molar-refractivity contribution < 1.29 is 14.1 Å². The van der Waals surface area contributed by atoms with Gasteiger partial charge in [0.05, 0.1) is 13.7 Å². The third kappa shape index (κ3) is 5.74. The molecule has 1 amide bonds. The molecule has 0 radical (unpaired) electrons. The van der Waals surface area contributed by atoms with Crippen LogP contribution in [0.3, 0.4) is 0 Å². The van der Waals surface area contributed by atoms with Crippen LogP contribution in [0.2, 0.25) is 5.02 Å². The molecule has 1 aromatic heterocycles. The molecule has 1 N–H and O–H groups in total. The number of carbonyl (C=O) groups is 1. The predicted molar refractivity (Wildman–Crippen MR) is 105 cm³/mol. The van der Waals surface area contributed by atoms with E-state index in [9.17, 15) is 4.79 Å². The minimum absolute atomic E-state index is 0.0717. The van der Waals surface area contributed by atoms with Gasteiger partial charge in [0.15, 0.2) is 0 Å². The van der Waals surface area contributed by atoms with Crippen molar-refractivity contribution in [3.8, 4) is 17.1 Å². The number of amides is 1. The fraction of sp³-hybridized carbons (Fsp3) is 0.211. The average Bonchev–Trinajstić information content (AvgIpc) is 3.17. The van der Waals surface area contributed by atoms with Gasteiger partial charge in [-0.25, -0.2) is 0 Å². The number of nitrogens with zero attached hydrogens (tertiary/aromatic N) is 2. The minimum Gasteiger partial charge on any atom is -0.497 e. The van der Waals surface area contributed by atoms with Crippen molar-refractivity contribution in [1.29, 1.82) is 0 Å². The van der Waals surface area contributed by atoms with Gasteiger partial charge in [-0.05, 0) is 36.4 Å². The van der Waals surface area contributed by atoms with Crippen LogP contribution in [-0.4, -0.2) is 28.9 Å². The third-order valence-electron chi connectivity index (χ3n) is 3.64. The van der Waals surface area contributed by atoms with E-state index in [-0.39, 0.29) is 12.5 Å². The summed E-state index contributed by atoms with van der Waals surface area (Å²) >= 11 is 7.45. The molecule has 0 aliphatic carbocycles. The van der Waals surface area contributed by atoms with E-state index in [0.29, 0.717) is 34.7 Å². The molecule has 0 aliphatic heterocycles. The Morgan fingerprint density at radius 3 is 2.85 bits per heavy atom. The molecule has 0 fully saturated rings. The molecule has 6 nitrogen and oxygen atoms in total. The fourth-order valence-electron chi connectivity index (χ4n) is 2.26. The van der Waals surface area contributed by atoms with Crippen molar-refractivity contribution in [3.05, 3.63) is 59.4 Å². The summed E-state index contributed by atoms with van der Waals surface area (Å²) in [7, 11) is 1.60. The molecule has 1 heterocycles. The number of methoxy groups -OCH3 is 1. The van der Waals surface area contributed by atoms with Crippen molar-refractivity contribution in [3.63, 3.8) is 0 Å². The van der Waals surface area contributed by atoms with Crippen LogP contribution in [-0.2, 0) is 11.3 Å². The molecule has 8 heteroatoms. The summed E-state index contributed by atoms with van der Waals surface area (Å²) in [5.74, 6) is 2.12. The lowest BCUT2D eigenvalue weighted by Crippen LogP contribution is -2.23. The van der Waals surface area contributed by atoms with Crippen molar-refractivity contribution in [2.75, 3.05) is 12.9 Å². The van der Waals surface area contributed by atoms with Crippen LogP contribution in [0.1, 0.15) is 12.3 Å². The summed E-state index contributed by atoms with van der Waals surface area (Å²) in [4.78, 5) is 17.3. The van der Waals surface area contributed by atoms with Gasteiger partial charge < -0.3 is 14.6 Å². The Bertz CT molecular complexity index is 899. The molecule has 0 spiro atoms. The molecule has 0 atom stereocenters. The summed E-state index contributed by atoms with van der Waals surface area (Å²) in [5.41, 5.74) is 0.787. The molecule has 0 bridgehead atoms. The number of benzene rings is 2. The molecule has 0 unspecified atom stereocenters.